The van der Waals surface area contributed by atoms with E-state index >= 15 is 0 Å². The SMILES string of the molecule is C[SiH](C)N1CCOC1=O. The van der Waals surface area contributed by atoms with Crippen molar-refractivity contribution in [1.82, 2.24) is 4.57 Å². The van der Waals surface area contributed by atoms with Gasteiger partial charge in [0, 0.05) is 6.54 Å². The molecule has 1 aliphatic heterocycles. The Morgan fingerprint density at radius 2 is 2.33 bits per heavy atom. The summed E-state index contributed by atoms with van der Waals surface area (Å²) in [7, 11) is -0.922. The van der Waals surface area contributed by atoms with Crippen molar-refractivity contribution in [1.29, 1.82) is 0 Å². The van der Waals surface area contributed by atoms with E-state index in [1.54, 1.807) is 0 Å². The van der Waals surface area contributed by atoms with Gasteiger partial charge >= 0.3 is 6.09 Å². The number of amides is 1. The van der Waals surface area contributed by atoms with Crippen LogP contribution in [0.4, 0.5) is 4.79 Å². The highest BCUT2D eigenvalue weighted by Gasteiger charge is 2.24. The molecule has 1 fully saturated rings. The molecule has 9 heavy (non-hydrogen) atoms. The molecule has 0 bridgehead atoms. The third-order valence-electron chi connectivity index (χ3n) is 1.42. The Morgan fingerprint density at radius 3 is 2.56 bits per heavy atom. The lowest BCUT2D eigenvalue weighted by molar-refractivity contribution is 0.169. The topological polar surface area (TPSA) is 29.5 Å². The van der Waals surface area contributed by atoms with Crippen LogP contribution in [-0.4, -0.2) is 32.8 Å². The molecule has 0 atom stereocenters. The smallest absolute Gasteiger partial charge is 0.401 e. The molecule has 0 aromatic rings. The van der Waals surface area contributed by atoms with Gasteiger partial charge in [-0.15, -0.1) is 0 Å². The number of hydrogen-bond donors (Lipinski definition) is 0. The van der Waals surface area contributed by atoms with Gasteiger partial charge in [0.15, 0.2) is 0 Å². The normalized spacial score (nSPS) is 19.0. The van der Waals surface area contributed by atoms with Crippen LogP contribution < -0.4 is 0 Å². The van der Waals surface area contributed by atoms with Crippen molar-refractivity contribution >= 4 is 15.1 Å². The summed E-state index contributed by atoms with van der Waals surface area (Å²) >= 11 is 0. The lowest BCUT2D eigenvalue weighted by atomic mass is 10.7. The monoisotopic (exact) mass is 145 g/mol. The van der Waals surface area contributed by atoms with Crippen LogP contribution in [0.5, 0.6) is 0 Å². The maximum absolute atomic E-state index is 10.8. The van der Waals surface area contributed by atoms with E-state index in [0.29, 0.717) is 6.61 Å². The Labute approximate surface area is 56.3 Å². The zero-order chi connectivity index (χ0) is 6.85. The van der Waals surface area contributed by atoms with Gasteiger partial charge in [-0.25, -0.2) is 4.79 Å². The summed E-state index contributed by atoms with van der Waals surface area (Å²) in [5, 5.41) is 0. The summed E-state index contributed by atoms with van der Waals surface area (Å²) in [6.45, 7) is 5.63. The highest BCUT2D eigenvalue weighted by molar-refractivity contribution is 6.55. The molecular weight excluding hydrogens is 134 g/mol. The second-order valence-electron chi connectivity index (χ2n) is 2.40. The van der Waals surface area contributed by atoms with Crippen molar-refractivity contribution < 1.29 is 9.53 Å². The van der Waals surface area contributed by atoms with Crippen molar-refractivity contribution in [3.8, 4) is 0 Å². The van der Waals surface area contributed by atoms with Crippen LogP contribution >= 0.6 is 0 Å². The van der Waals surface area contributed by atoms with Gasteiger partial charge in [0.1, 0.15) is 15.6 Å². The van der Waals surface area contributed by atoms with E-state index in [4.69, 9.17) is 4.74 Å². The van der Waals surface area contributed by atoms with Crippen molar-refractivity contribution in [3.05, 3.63) is 0 Å². The molecule has 1 rings (SSSR count). The first-order valence-electron chi connectivity index (χ1n) is 3.15. The second-order valence-corrected chi connectivity index (χ2v) is 5.21. The number of cyclic esters (lactones) is 1. The van der Waals surface area contributed by atoms with E-state index in [0.717, 1.165) is 6.54 Å². The van der Waals surface area contributed by atoms with Gasteiger partial charge in [0.25, 0.3) is 0 Å². The third kappa shape index (κ3) is 1.24. The van der Waals surface area contributed by atoms with Gasteiger partial charge in [-0.1, -0.05) is 13.1 Å². The van der Waals surface area contributed by atoms with Gasteiger partial charge in [0.05, 0.1) is 0 Å². The number of carbonyl (C=O) groups is 1. The molecule has 3 nitrogen and oxygen atoms in total. The Balaban J connectivity index is 2.49. The van der Waals surface area contributed by atoms with E-state index in [-0.39, 0.29) is 6.09 Å². The summed E-state index contributed by atoms with van der Waals surface area (Å²) in [5.41, 5.74) is 0. The predicted molar refractivity (Wildman–Crippen MR) is 36.9 cm³/mol. The molecule has 0 saturated carbocycles. The van der Waals surface area contributed by atoms with Crippen LogP contribution in [0.3, 0.4) is 0 Å². The Bertz CT molecular complexity index is 126. The molecule has 52 valence electrons. The predicted octanol–water partition coefficient (Wildman–Crippen LogP) is 0.422. The second kappa shape index (κ2) is 2.39. The van der Waals surface area contributed by atoms with E-state index < -0.39 is 8.96 Å². The fourth-order valence-corrected chi connectivity index (χ4v) is 1.99. The molecule has 0 aliphatic carbocycles. The van der Waals surface area contributed by atoms with Crippen LogP contribution in [0.25, 0.3) is 0 Å². The average Bonchev–Trinajstić information content (AvgIpc) is 2.13. The van der Waals surface area contributed by atoms with Gasteiger partial charge in [-0.2, -0.15) is 0 Å². The molecule has 0 aromatic heterocycles. The molecule has 1 heterocycles. The Hall–Kier alpha value is -0.513. The molecule has 0 radical (unpaired) electrons. The summed E-state index contributed by atoms with van der Waals surface area (Å²) < 4.78 is 6.60. The number of ether oxygens (including phenoxy) is 1. The zero-order valence-electron chi connectivity index (χ0n) is 5.76. The van der Waals surface area contributed by atoms with Crippen LogP contribution in [0.15, 0.2) is 0 Å². The molecule has 1 amide bonds. The van der Waals surface area contributed by atoms with Gasteiger partial charge < -0.3 is 9.30 Å². The maximum atomic E-state index is 10.8. The number of nitrogens with zero attached hydrogens (tertiary/aromatic N) is 1. The van der Waals surface area contributed by atoms with Crippen molar-refractivity contribution in [2.45, 2.75) is 13.1 Å². The van der Waals surface area contributed by atoms with Gasteiger partial charge in [0.2, 0.25) is 0 Å². The molecule has 0 N–H and O–H groups in total. The lowest BCUT2D eigenvalue weighted by Gasteiger charge is -2.14. The zero-order valence-corrected chi connectivity index (χ0v) is 6.91. The highest BCUT2D eigenvalue weighted by atomic mass is 28.3. The minimum atomic E-state index is -0.922. The lowest BCUT2D eigenvalue weighted by Crippen LogP contribution is -2.34. The average molecular weight is 145 g/mol. The minimum absolute atomic E-state index is 0.114. The standard InChI is InChI=1S/C5H11NO2Si/c1-9(2)6-3-4-8-5(6)7/h9H,3-4H2,1-2H3. The summed E-state index contributed by atoms with van der Waals surface area (Å²) in [6, 6.07) is 0. The molecule has 1 aliphatic rings. The molecule has 1 saturated heterocycles. The first-order valence-corrected chi connectivity index (χ1v) is 5.98. The van der Waals surface area contributed by atoms with Crippen LogP contribution in [0, 0.1) is 0 Å². The molecule has 0 unspecified atom stereocenters. The Kier molecular flexibility index (Phi) is 1.75. The van der Waals surface area contributed by atoms with Crippen molar-refractivity contribution in [2.24, 2.45) is 0 Å². The molecule has 0 aromatic carbocycles. The van der Waals surface area contributed by atoms with Crippen LogP contribution in [0.1, 0.15) is 0 Å². The first kappa shape index (κ1) is 6.60. The number of hydrogen-bond acceptors (Lipinski definition) is 2. The van der Waals surface area contributed by atoms with E-state index in [9.17, 15) is 4.79 Å². The fraction of sp³-hybridized carbons (Fsp3) is 0.800. The Morgan fingerprint density at radius 1 is 1.67 bits per heavy atom. The number of carbonyl (C=O) groups excluding carboxylic acids is 1. The summed E-state index contributed by atoms with van der Waals surface area (Å²) in [4.78, 5) is 10.8. The molecule has 0 spiro atoms. The summed E-state index contributed by atoms with van der Waals surface area (Å²) in [5.74, 6) is 0. The van der Waals surface area contributed by atoms with E-state index in [1.165, 1.54) is 0 Å². The summed E-state index contributed by atoms with van der Waals surface area (Å²) in [6.07, 6.45) is -0.114. The van der Waals surface area contributed by atoms with Crippen LogP contribution in [0.2, 0.25) is 13.1 Å². The third-order valence-corrected chi connectivity index (χ3v) is 3.13. The highest BCUT2D eigenvalue weighted by Crippen LogP contribution is 2.04. The van der Waals surface area contributed by atoms with Crippen molar-refractivity contribution in [3.63, 3.8) is 0 Å². The van der Waals surface area contributed by atoms with Gasteiger partial charge in [-0.3, -0.25) is 0 Å². The first-order chi connectivity index (χ1) is 4.22. The van der Waals surface area contributed by atoms with Crippen LogP contribution in [-0.2, 0) is 4.74 Å². The maximum Gasteiger partial charge on any atom is 0.401 e. The largest absolute Gasteiger partial charge is 0.448 e. The number of rotatable bonds is 1. The fourth-order valence-electron chi connectivity index (χ4n) is 0.875. The van der Waals surface area contributed by atoms with Gasteiger partial charge in [-0.05, 0) is 0 Å². The minimum Gasteiger partial charge on any atom is -0.448 e. The van der Waals surface area contributed by atoms with Crippen molar-refractivity contribution in [2.75, 3.05) is 13.2 Å². The molecule has 4 heteroatoms. The molecular formula is C5H11NO2Si. The van der Waals surface area contributed by atoms with E-state index in [1.807, 2.05) is 4.57 Å². The van der Waals surface area contributed by atoms with E-state index in [2.05, 4.69) is 13.1 Å². The quantitative estimate of drug-likeness (QED) is 0.500.